The number of hydrogen-bond acceptors (Lipinski definition) is 4. The van der Waals surface area contributed by atoms with E-state index in [9.17, 15) is 0 Å². The second kappa shape index (κ2) is 10.2. The molecule has 23 heavy (non-hydrogen) atoms. The van der Waals surface area contributed by atoms with Gasteiger partial charge < -0.3 is 15.4 Å². The molecule has 1 saturated heterocycles. The second-order valence-corrected chi connectivity index (χ2v) is 6.02. The molecule has 0 amide bonds. The van der Waals surface area contributed by atoms with Gasteiger partial charge in [-0.2, -0.15) is 5.10 Å². The summed E-state index contributed by atoms with van der Waals surface area (Å²) in [5.74, 6) is 1.45. The van der Waals surface area contributed by atoms with Gasteiger partial charge in [0.25, 0.3) is 0 Å². The predicted molar refractivity (Wildman–Crippen MR) is 92.6 cm³/mol. The smallest absolute Gasteiger partial charge is 0.190 e. The molecule has 1 aromatic rings. The summed E-state index contributed by atoms with van der Waals surface area (Å²) in [5.41, 5.74) is 0. The Balaban J connectivity index is 1.56. The summed E-state index contributed by atoms with van der Waals surface area (Å²) in [6.07, 6.45) is 4.82. The summed E-state index contributed by atoms with van der Waals surface area (Å²) in [6.45, 7) is 9.92. The van der Waals surface area contributed by atoms with Gasteiger partial charge in [0.15, 0.2) is 5.96 Å². The fraction of sp³-hybridized carbons (Fsp3) is 0.750. The first-order valence-electron chi connectivity index (χ1n) is 8.50. The molecule has 2 heterocycles. The summed E-state index contributed by atoms with van der Waals surface area (Å²) in [5, 5.41) is 11.0. The van der Waals surface area contributed by atoms with Crippen LogP contribution in [0.15, 0.2) is 23.5 Å². The van der Waals surface area contributed by atoms with Crippen LogP contribution in [0.1, 0.15) is 13.3 Å². The number of hydrogen-bond donors (Lipinski definition) is 2. The number of aliphatic imine (C=N–C) groups is 1. The molecule has 7 nitrogen and oxygen atoms in total. The van der Waals surface area contributed by atoms with E-state index in [0.29, 0.717) is 5.92 Å². The zero-order valence-corrected chi connectivity index (χ0v) is 14.4. The minimum Gasteiger partial charge on any atom is -0.379 e. The number of rotatable bonds is 8. The Morgan fingerprint density at radius 3 is 2.87 bits per heavy atom. The Bertz CT molecular complexity index is 441. The van der Waals surface area contributed by atoms with Crippen molar-refractivity contribution >= 4 is 5.96 Å². The van der Waals surface area contributed by atoms with Crippen LogP contribution in [0.3, 0.4) is 0 Å². The van der Waals surface area contributed by atoms with E-state index in [0.717, 1.165) is 64.9 Å². The average molecular weight is 322 g/mol. The van der Waals surface area contributed by atoms with E-state index in [-0.39, 0.29) is 0 Å². The van der Waals surface area contributed by atoms with Crippen molar-refractivity contribution in [1.29, 1.82) is 0 Å². The highest BCUT2D eigenvalue weighted by molar-refractivity contribution is 5.79. The summed E-state index contributed by atoms with van der Waals surface area (Å²) in [6, 6.07) is 1.95. The Kier molecular flexibility index (Phi) is 7.89. The largest absolute Gasteiger partial charge is 0.379 e. The Labute approximate surface area is 139 Å². The van der Waals surface area contributed by atoms with Crippen molar-refractivity contribution in [3.05, 3.63) is 18.5 Å². The van der Waals surface area contributed by atoms with Gasteiger partial charge in [-0.25, -0.2) is 0 Å². The van der Waals surface area contributed by atoms with Crippen LogP contribution in [-0.2, 0) is 11.3 Å². The normalized spacial score (nSPS) is 17.9. The van der Waals surface area contributed by atoms with E-state index >= 15 is 0 Å². The van der Waals surface area contributed by atoms with E-state index in [1.54, 1.807) is 0 Å². The number of nitrogens with one attached hydrogen (secondary N) is 2. The molecule has 0 spiro atoms. The Morgan fingerprint density at radius 2 is 2.17 bits per heavy atom. The molecule has 0 aromatic carbocycles. The highest BCUT2D eigenvalue weighted by atomic mass is 16.5. The highest BCUT2D eigenvalue weighted by Crippen LogP contribution is 2.02. The first kappa shape index (κ1) is 17.7. The van der Waals surface area contributed by atoms with E-state index in [1.165, 1.54) is 0 Å². The molecule has 1 aromatic heterocycles. The van der Waals surface area contributed by atoms with Gasteiger partial charge in [0.1, 0.15) is 0 Å². The van der Waals surface area contributed by atoms with E-state index in [1.807, 2.05) is 30.2 Å². The Morgan fingerprint density at radius 1 is 1.35 bits per heavy atom. The fourth-order valence-electron chi connectivity index (χ4n) is 2.66. The monoisotopic (exact) mass is 322 g/mol. The van der Waals surface area contributed by atoms with Gasteiger partial charge in [0.05, 0.1) is 13.2 Å². The van der Waals surface area contributed by atoms with Gasteiger partial charge in [-0.3, -0.25) is 14.6 Å². The van der Waals surface area contributed by atoms with Gasteiger partial charge in [0.2, 0.25) is 0 Å². The quantitative estimate of drug-likeness (QED) is 0.412. The molecule has 0 aliphatic carbocycles. The maximum atomic E-state index is 5.39. The fourth-order valence-corrected chi connectivity index (χ4v) is 2.66. The van der Waals surface area contributed by atoms with Crippen LogP contribution in [-0.4, -0.2) is 73.6 Å². The topological polar surface area (TPSA) is 66.7 Å². The van der Waals surface area contributed by atoms with Crippen molar-refractivity contribution in [3.63, 3.8) is 0 Å². The van der Waals surface area contributed by atoms with Crippen molar-refractivity contribution in [1.82, 2.24) is 25.3 Å². The van der Waals surface area contributed by atoms with E-state index in [2.05, 4.69) is 32.5 Å². The first-order valence-corrected chi connectivity index (χ1v) is 8.50. The predicted octanol–water partition coefficient (Wildman–Crippen LogP) is 0.407. The van der Waals surface area contributed by atoms with Crippen LogP contribution >= 0.6 is 0 Å². The maximum Gasteiger partial charge on any atom is 0.190 e. The zero-order valence-electron chi connectivity index (χ0n) is 14.4. The van der Waals surface area contributed by atoms with Crippen molar-refractivity contribution < 1.29 is 4.74 Å². The molecule has 0 bridgehead atoms. The standard InChI is InChI=1S/C16H30N6O/c1-15(14-21-9-11-23-12-10-21)13-19-16(17-2)18-5-3-7-22-8-4-6-20-22/h4,6,8,15H,3,5,7,9-14H2,1-2H3,(H2,17,18,19). The van der Waals surface area contributed by atoms with Crippen LogP contribution in [0.2, 0.25) is 0 Å². The molecule has 2 rings (SSSR count). The molecule has 2 N–H and O–H groups in total. The minimum absolute atomic E-state index is 0.579. The SMILES string of the molecule is CN=C(NCCCn1cccn1)NCC(C)CN1CCOCC1. The Hall–Kier alpha value is -1.60. The number of nitrogens with zero attached hydrogens (tertiary/aromatic N) is 4. The molecule has 1 atom stereocenters. The third kappa shape index (κ3) is 7.00. The maximum absolute atomic E-state index is 5.39. The third-order valence-electron chi connectivity index (χ3n) is 3.93. The molecular weight excluding hydrogens is 292 g/mol. The lowest BCUT2D eigenvalue weighted by Crippen LogP contribution is -2.44. The van der Waals surface area contributed by atoms with E-state index < -0.39 is 0 Å². The molecular formula is C16H30N6O. The van der Waals surface area contributed by atoms with Crippen LogP contribution < -0.4 is 10.6 Å². The van der Waals surface area contributed by atoms with Crippen LogP contribution in [0.4, 0.5) is 0 Å². The zero-order chi connectivity index (χ0) is 16.3. The average Bonchev–Trinajstić information content (AvgIpc) is 3.08. The van der Waals surface area contributed by atoms with Crippen LogP contribution in [0, 0.1) is 5.92 Å². The van der Waals surface area contributed by atoms with Gasteiger partial charge >= 0.3 is 0 Å². The summed E-state index contributed by atoms with van der Waals surface area (Å²) < 4.78 is 7.33. The molecule has 0 saturated carbocycles. The lowest BCUT2D eigenvalue weighted by atomic mass is 10.1. The van der Waals surface area contributed by atoms with Gasteiger partial charge in [0, 0.05) is 58.7 Å². The first-order chi connectivity index (χ1) is 11.3. The molecule has 1 unspecified atom stereocenters. The van der Waals surface area contributed by atoms with Crippen molar-refractivity contribution in [2.75, 3.05) is 53.0 Å². The van der Waals surface area contributed by atoms with Gasteiger partial charge in [-0.15, -0.1) is 0 Å². The summed E-state index contributed by atoms with van der Waals surface area (Å²) in [7, 11) is 1.81. The lowest BCUT2D eigenvalue weighted by molar-refractivity contribution is 0.0320. The number of guanidine groups is 1. The molecule has 0 radical (unpaired) electrons. The minimum atomic E-state index is 0.579. The van der Waals surface area contributed by atoms with E-state index in [4.69, 9.17) is 4.74 Å². The number of ether oxygens (including phenoxy) is 1. The van der Waals surface area contributed by atoms with Gasteiger partial charge in [-0.05, 0) is 18.4 Å². The molecule has 1 fully saturated rings. The van der Waals surface area contributed by atoms with Gasteiger partial charge in [-0.1, -0.05) is 6.92 Å². The van der Waals surface area contributed by atoms with Crippen LogP contribution in [0.5, 0.6) is 0 Å². The second-order valence-electron chi connectivity index (χ2n) is 6.02. The molecule has 1 aliphatic rings. The van der Waals surface area contributed by atoms with Crippen molar-refractivity contribution in [2.24, 2.45) is 10.9 Å². The summed E-state index contributed by atoms with van der Waals surface area (Å²) in [4.78, 5) is 6.75. The highest BCUT2D eigenvalue weighted by Gasteiger charge is 2.13. The van der Waals surface area contributed by atoms with Crippen molar-refractivity contribution in [3.8, 4) is 0 Å². The third-order valence-corrected chi connectivity index (χ3v) is 3.93. The van der Waals surface area contributed by atoms with Crippen LogP contribution in [0.25, 0.3) is 0 Å². The van der Waals surface area contributed by atoms with Crippen molar-refractivity contribution in [2.45, 2.75) is 19.9 Å². The molecule has 7 heteroatoms. The number of aryl methyl sites for hydroxylation is 1. The molecule has 1 aliphatic heterocycles. The lowest BCUT2D eigenvalue weighted by Gasteiger charge is -2.29. The number of morpholine rings is 1. The molecule has 130 valence electrons. The number of aromatic nitrogens is 2. The summed E-state index contributed by atoms with van der Waals surface area (Å²) >= 11 is 0.